The second-order valence-corrected chi connectivity index (χ2v) is 6.07. The molecule has 0 aromatic carbocycles. The van der Waals surface area contributed by atoms with E-state index in [1.54, 1.807) is 17.1 Å². The zero-order valence-electron chi connectivity index (χ0n) is 13.7. The molecule has 0 N–H and O–H groups in total. The molecule has 2 atom stereocenters. The van der Waals surface area contributed by atoms with Gasteiger partial charge >= 0.3 is 12.1 Å². The van der Waals surface area contributed by atoms with Gasteiger partial charge < -0.3 is 18.9 Å². The fourth-order valence-corrected chi connectivity index (χ4v) is 2.72. The summed E-state index contributed by atoms with van der Waals surface area (Å²) in [6.07, 6.45) is 6.69. The molecule has 1 aliphatic rings. The number of likely N-dealkylation sites (tertiary alicyclic amines) is 1. The lowest BCUT2D eigenvalue weighted by atomic mass is 10.2. The van der Waals surface area contributed by atoms with Crippen LogP contribution in [-0.4, -0.2) is 53.2 Å². The largest absolute Gasteiger partial charge is 0.457 e. The Kier molecular flexibility index (Phi) is 6.88. The number of amides is 1. The van der Waals surface area contributed by atoms with E-state index in [2.05, 4.69) is 30.9 Å². The molecule has 1 aromatic heterocycles. The van der Waals surface area contributed by atoms with Crippen LogP contribution in [0.2, 0.25) is 0 Å². The number of rotatable bonds is 7. The summed E-state index contributed by atoms with van der Waals surface area (Å²) in [5.74, 6) is -0.207. The molecular formula is C17H20N2O5S. The molecule has 8 heteroatoms. The van der Waals surface area contributed by atoms with Crippen molar-refractivity contribution in [3.63, 3.8) is 0 Å². The molecule has 0 unspecified atom stereocenters. The van der Waals surface area contributed by atoms with Crippen LogP contribution in [0, 0.1) is 0 Å². The molecule has 2 heterocycles. The number of hydrogen-bond acceptors (Lipinski definition) is 7. The van der Waals surface area contributed by atoms with Crippen LogP contribution in [0.25, 0.3) is 6.08 Å². The second kappa shape index (κ2) is 9.12. The summed E-state index contributed by atoms with van der Waals surface area (Å²) in [5.41, 5.74) is 0.0715. The number of thiol groups is 1. The molecule has 7 nitrogen and oxygen atoms in total. The molecule has 0 spiro atoms. The maximum atomic E-state index is 12.0. The van der Waals surface area contributed by atoms with Crippen molar-refractivity contribution in [1.82, 2.24) is 10.1 Å². The molecule has 1 fully saturated rings. The monoisotopic (exact) mass is 364 g/mol. The number of carbonyl (C=O) groups is 2. The first-order valence-corrected chi connectivity index (χ1v) is 8.22. The van der Waals surface area contributed by atoms with Crippen molar-refractivity contribution in [2.45, 2.75) is 17.7 Å². The van der Waals surface area contributed by atoms with Crippen molar-refractivity contribution in [1.29, 1.82) is 0 Å². The Bertz CT molecular complexity index is 670. The molecule has 0 radical (unpaired) electrons. The minimum absolute atomic E-state index is 0.0603. The lowest BCUT2D eigenvalue weighted by Crippen LogP contribution is -2.35. The number of esters is 1. The first-order valence-electron chi connectivity index (χ1n) is 7.70. The highest BCUT2D eigenvalue weighted by Gasteiger charge is 2.33. The van der Waals surface area contributed by atoms with Gasteiger partial charge in [0.2, 0.25) is 0 Å². The second-order valence-electron chi connectivity index (χ2n) is 5.34. The summed E-state index contributed by atoms with van der Waals surface area (Å²) in [4.78, 5) is 25.3. The minimum Gasteiger partial charge on any atom is -0.457 e. The maximum absolute atomic E-state index is 12.0. The molecule has 0 saturated carbocycles. The molecule has 2 rings (SSSR count). The van der Waals surface area contributed by atoms with Gasteiger partial charge in [-0.25, -0.2) is 9.59 Å². The van der Waals surface area contributed by atoms with Gasteiger partial charge in [0.15, 0.2) is 11.5 Å². The van der Waals surface area contributed by atoms with E-state index in [1.807, 2.05) is 0 Å². The first-order chi connectivity index (χ1) is 12.0. The smallest absolute Gasteiger partial charge is 0.410 e. The van der Waals surface area contributed by atoms with Crippen molar-refractivity contribution in [2.75, 3.05) is 19.8 Å². The van der Waals surface area contributed by atoms with Gasteiger partial charge in [0.05, 0.1) is 6.04 Å². The average Bonchev–Trinajstić information content (AvgIpc) is 3.22. The highest BCUT2D eigenvalue weighted by molar-refractivity contribution is 7.81. The van der Waals surface area contributed by atoms with Crippen LogP contribution in [0.4, 0.5) is 4.79 Å². The van der Waals surface area contributed by atoms with Crippen LogP contribution in [0.5, 0.6) is 0 Å². The molecule has 134 valence electrons. The molecule has 0 aliphatic carbocycles. The minimum atomic E-state index is -0.589. The highest BCUT2D eigenvalue weighted by Crippen LogP contribution is 2.24. The summed E-state index contributed by atoms with van der Waals surface area (Å²) in [6.45, 7) is 7.73. The van der Waals surface area contributed by atoms with E-state index in [0.29, 0.717) is 18.7 Å². The van der Waals surface area contributed by atoms with E-state index in [1.165, 1.54) is 18.2 Å². The fourth-order valence-electron chi connectivity index (χ4n) is 2.33. The molecular weight excluding hydrogens is 344 g/mol. The van der Waals surface area contributed by atoms with Gasteiger partial charge in [0, 0.05) is 17.9 Å². The van der Waals surface area contributed by atoms with Crippen molar-refractivity contribution in [3.8, 4) is 0 Å². The quantitative estimate of drug-likeness (QED) is 0.455. The zero-order valence-corrected chi connectivity index (χ0v) is 14.6. The Morgan fingerprint density at radius 2 is 2.08 bits per heavy atom. The standard InChI is InChI=1S/C17H20N2O5S/c1-3-7-22-16(20)15-10-13(24-18-15)6-5-12-9-14(25)11-19(12)17(21)23-8-4-2/h3-6,10,12,14,25H,1-2,7-9,11H2/b6-5+/t12-,14+/m1/s1. The first kappa shape index (κ1) is 18.9. The molecule has 25 heavy (non-hydrogen) atoms. The van der Waals surface area contributed by atoms with E-state index >= 15 is 0 Å². The predicted molar refractivity (Wildman–Crippen MR) is 95.4 cm³/mol. The van der Waals surface area contributed by atoms with Crippen LogP contribution in [0.15, 0.2) is 42.0 Å². The fraction of sp³-hybridized carbons (Fsp3) is 0.353. The van der Waals surface area contributed by atoms with E-state index in [0.717, 1.165) is 0 Å². The summed E-state index contributed by atoms with van der Waals surface area (Å²) in [7, 11) is 0. The number of hydrogen-bond donors (Lipinski definition) is 1. The zero-order chi connectivity index (χ0) is 18.2. The van der Waals surface area contributed by atoms with Crippen molar-refractivity contribution in [3.05, 3.63) is 48.9 Å². The lowest BCUT2D eigenvalue weighted by Gasteiger charge is -2.20. The van der Waals surface area contributed by atoms with Gasteiger partial charge in [-0.3, -0.25) is 0 Å². The third-order valence-electron chi connectivity index (χ3n) is 3.43. The normalized spacial score (nSPS) is 19.8. The third kappa shape index (κ3) is 5.25. The number of nitrogens with zero attached hydrogens (tertiary/aromatic N) is 2. The van der Waals surface area contributed by atoms with E-state index in [4.69, 9.17) is 14.0 Å². The van der Waals surface area contributed by atoms with Gasteiger partial charge in [0.25, 0.3) is 0 Å². The summed E-state index contributed by atoms with van der Waals surface area (Å²) in [5, 5.41) is 3.72. The summed E-state index contributed by atoms with van der Waals surface area (Å²) >= 11 is 4.43. The predicted octanol–water partition coefficient (Wildman–Crippen LogP) is 2.73. The van der Waals surface area contributed by atoms with Crippen LogP contribution < -0.4 is 0 Å². The lowest BCUT2D eigenvalue weighted by molar-refractivity contribution is 0.0538. The van der Waals surface area contributed by atoms with Gasteiger partial charge in [-0.2, -0.15) is 12.6 Å². The molecule has 1 amide bonds. The molecule has 1 aromatic rings. The van der Waals surface area contributed by atoms with Gasteiger partial charge in [0.1, 0.15) is 13.2 Å². The molecule has 1 saturated heterocycles. The van der Waals surface area contributed by atoms with Gasteiger partial charge in [-0.1, -0.05) is 36.5 Å². The van der Waals surface area contributed by atoms with Crippen molar-refractivity contribution in [2.24, 2.45) is 0 Å². The number of carbonyl (C=O) groups excluding carboxylic acids is 2. The Hall–Kier alpha value is -2.48. The van der Waals surface area contributed by atoms with Crippen LogP contribution in [0.1, 0.15) is 22.7 Å². The van der Waals surface area contributed by atoms with Crippen LogP contribution >= 0.6 is 12.6 Å². The van der Waals surface area contributed by atoms with Crippen LogP contribution in [0.3, 0.4) is 0 Å². The topological polar surface area (TPSA) is 81.9 Å². The molecule has 1 aliphatic heterocycles. The Morgan fingerprint density at radius 1 is 1.36 bits per heavy atom. The van der Waals surface area contributed by atoms with Crippen LogP contribution in [-0.2, 0) is 9.47 Å². The average molecular weight is 364 g/mol. The Morgan fingerprint density at radius 3 is 2.80 bits per heavy atom. The molecule has 0 bridgehead atoms. The highest BCUT2D eigenvalue weighted by atomic mass is 32.1. The SMILES string of the molecule is C=CCOC(=O)c1cc(/C=C/[C@@H]2C[C@H](S)CN2C(=O)OCC=C)on1. The number of ether oxygens (including phenoxy) is 2. The Labute approximate surface area is 151 Å². The van der Waals surface area contributed by atoms with Gasteiger partial charge in [-0.15, -0.1) is 0 Å². The third-order valence-corrected chi connectivity index (χ3v) is 3.81. The number of aromatic nitrogens is 1. The van der Waals surface area contributed by atoms with Crippen molar-refractivity contribution < 1.29 is 23.6 Å². The van der Waals surface area contributed by atoms with E-state index < -0.39 is 12.1 Å². The summed E-state index contributed by atoms with van der Waals surface area (Å²) in [6, 6.07) is 1.29. The van der Waals surface area contributed by atoms with E-state index in [9.17, 15) is 9.59 Å². The van der Waals surface area contributed by atoms with Gasteiger partial charge in [-0.05, 0) is 12.5 Å². The summed E-state index contributed by atoms with van der Waals surface area (Å²) < 4.78 is 15.0. The van der Waals surface area contributed by atoms with E-state index in [-0.39, 0.29) is 30.2 Å². The van der Waals surface area contributed by atoms with Crippen molar-refractivity contribution >= 4 is 30.8 Å². The maximum Gasteiger partial charge on any atom is 0.410 e. The Balaban J connectivity index is 2.00.